The molecule has 0 aliphatic carbocycles. The highest BCUT2D eigenvalue weighted by Gasteiger charge is 1.97. The molecular formula is C11H16N6. The van der Waals surface area contributed by atoms with Gasteiger partial charge < -0.3 is 10.6 Å². The highest BCUT2D eigenvalue weighted by Crippen LogP contribution is 2.07. The second-order valence-electron chi connectivity index (χ2n) is 3.75. The molecule has 2 aromatic heterocycles. The smallest absolute Gasteiger partial charge is 0.131 e. The van der Waals surface area contributed by atoms with E-state index in [9.17, 15) is 0 Å². The van der Waals surface area contributed by atoms with Crippen molar-refractivity contribution in [2.45, 2.75) is 13.5 Å². The number of aromatic nitrogens is 4. The van der Waals surface area contributed by atoms with Gasteiger partial charge in [-0.25, -0.2) is 9.97 Å². The number of hydrogen-bond acceptors (Lipinski definition) is 5. The van der Waals surface area contributed by atoms with Gasteiger partial charge in [0.15, 0.2) is 0 Å². The van der Waals surface area contributed by atoms with Crippen LogP contribution in [0.5, 0.6) is 0 Å². The zero-order valence-corrected chi connectivity index (χ0v) is 10.0. The third-order valence-electron chi connectivity index (χ3n) is 2.33. The van der Waals surface area contributed by atoms with E-state index in [1.165, 1.54) is 11.9 Å². The summed E-state index contributed by atoms with van der Waals surface area (Å²) in [7, 11) is 1.83. The van der Waals surface area contributed by atoms with Gasteiger partial charge in [-0.05, 0) is 12.5 Å². The van der Waals surface area contributed by atoms with Gasteiger partial charge in [-0.1, -0.05) is 0 Å². The lowest BCUT2D eigenvalue weighted by molar-refractivity contribution is 0.636. The van der Waals surface area contributed by atoms with Crippen molar-refractivity contribution in [3.05, 3.63) is 30.4 Å². The van der Waals surface area contributed by atoms with Crippen molar-refractivity contribution in [3.8, 4) is 0 Å². The Morgan fingerprint density at radius 3 is 2.82 bits per heavy atom. The lowest BCUT2D eigenvalue weighted by atomic mass is 10.4. The van der Waals surface area contributed by atoms with Gasteiger partial charge in [0.25, 0.3) is 0 Å². The maximum Gasteiger partial charge on any atom is 0.131 e. The van der Waals surface area contributed by atoms with Crippen LogP contribution in [0, 0.1) is 6.92 Å². The molecule has 0 fully saturated rings. The highest BCUT2D eigenvalue weighted by atomic mass is 15.3. The topological polar surface area (TPSA) is 67.7 Å². The van der Waals surface area contributed by atoms with Crippen molar-refractivity contribution in [1.29, 1.82) is 0 Å². The van der Waals surface area contributed by atoms with Gasteiger partial charge in [0.2, 0.25) is 0 Å². The summed E-state index contributed by atoms with van der Waals surface area (Å²) >= 11 is 0. The van der Waals surface area contributed by atoms with Crippen LogP contribution in [-0.4, -0.2) is 33.3 Å². The van der Waals surface area contributed by atoms with Crippen molar-refractivity contribution in [2.24, 2.45) is 0 Å². The molecule has 0 aliphatic rings. The van der Waals surface area contributed by atoms with Crippen LogP contribution in [-0.2, 0) is 6.54 Å². The molecule has 0 radical (unpaired) electrons. The predicted molar refractivity (Wildman–Crippen MR) is 67.0 cm³/mol. The van der Waals surface area contributed by atoms with Crippen molar-refractivity contribution in [1.82, 2.24) is 19.7 Å². The van der Waals surface area contributed by atoms with Crippen LogP contribution in [0.1, 0.15) is 5.56 Å². The average molecular weight is 232 g/mol. The molecule has 0 saturated heterocycles. The van der Waals surface area contributed by atoms with Gasteiger partial charge in [-0.15, -0.1) is 0 Å². The fourth-order valence-corrected chi connectivity index (χ4v) is 1.48. The molecule has 6 nitrogen and oxygen atoms in total. The molecule has 0 unspecified atom stereocenters. The Bertz CT molecular complexity index is 478. The van der Waals surface area contributed by atoms with E-state index >= 15 is 0 Å². The molecule has 2 N–H and O–H groups in total. The first kappa shape index (κ1) is 11.4. The third-order valence-corrected chi connectivity index (χ3v) is 2.33. The zero-order valence-electron chi connectivity index (χ0n) is 10.0. The monoisotopic (exact) mass is 232 g/mol. The molecule has 2 aromatic rings. The maximum atomic E-state index is 4.21. The quantitative estimate of drug-likeness (QED) is 0.809. The predicted octanol–water partition coefficient (Wildman–Crippen LogP) is 1.14. The Hall–Kier alpha value is -2.11. The minimum Gasteiger partial charge on any atom is -0.373 e. The molecule has 2 rings (SSSR count). The summed E-state index contributed by atoms with van der Waals surface area (Å²) in [6.07, 6.45) is 5.40. The van der Waals surface area contributed by atoms with Crippen LogP contribution in [0.4, 0.5) is 11.6 Å². The van der Waals surface area contributed by atoms with Crippen molar-refractivity contribution < 1.29 is 0 Å². The lowest BCUT2D eigenvalue weighted by Gasteiger charge is -2.06. The SMILES string of the molecule is CNc1cc(NCCn2cc(C)cn2)ncn1. The minimum atomic E-state index is 0.779. The number of nitrogens with one attached hydrogen (secondary N) is 2. The van der Waals surface area contributed by atoms with Crippen LogP contribution in [0.2, 0.25) is 0 Å². The first-order chi connectivity index (χ1) is 8.28. The van der Waals surface area contributed by atoms with Crippen molar-refractivity contribution >= 4 is 11.6 Å². The Labute approximate surface area is 100 Å². The van der Waals surface area contributed by atoms with E-state index in [0.717, 1.165) is 24.7 Å². The normalized spacial score (nSPS) is 10.2. The van der Waals surface area contributed by atoms with E-state index < -0.39 is 0 Å². The standard InChI is InChI=1S/C11H16N6/c1-9-6-16-17(7-9)4-3-13-11-5-10(12-2)14-8-15-11/h5-8H,3-4H2,1-2H3,(H2,12,13,14,15). The summed E-state index contributed by atoms with van der Waals surface area (Å²) in [5.74, 6) is 1.62. The molecule has 0 saturated carbocycles. The van der Waals surface area contributed by atoms with Gasteiger partial charge in [0.05, 0.1) is 12.7 Å². The molecule has 0 aliphatic heterocycles. The Morgan fingerprint density at radius 2 is 2.12 bits per heavy atom. The van der Waals surface area contributed by atoms with Gasteiger partial charge in [-0.2, -0.15) is 5.10 Å². The summed E-state index contributed by atoms with van der Waals surface area (Å²) in [4.78, 5) is 8.18. The fourth-order valence-electron chi connectivity index (χ4n) is 1.48. The van der Waals surface area contributed by atoms with Gasteiger partial charge in [0.1, 0.15) is 18.0 Å². The summed E-state index contributed by atoms with van der Waals surface area (Å²) in [6.45, 7) is 3.62. The van der Waals surface area contributed by atoms with Gasteiger partial charge in [0, 0.05) is 25.9 Å². The minimum absolute atomic E-state index is 0.779. The Kier molecular flexibility index (Phi) is 3.54. The van der Waals surface area contributed by atoms with E-state index in [0.29, 0.717) is 0 Å². The summed E-state index contributed by atoms with van der Waals surface area (Å²) in [6, 6.07) is 1.87. The van der Waals surface area contributed by atoms with Crippen molar-refractivity contribution in [3.63, 3.8) is 0 Å². The molecule has 0 aromatic carbocycles. The van der Waals surface area contributed by atoms with E-state index in [4.69, 9.17) is 0 Å². The van der Waals surface area contributed by atoms with Crippen LogP contribution in [0.25, 0.3) is 0 Å². The molecule has 0 bridgehead atoms. The molecule has 0 amide bonds. The van der Waals surface area contributed by atoms with Gasteiger partial charge in [-0.3, -0.25) is 4.68 Å². The number of anilines is 2. The fraction of sp³-hybridized carbons (Fsp3) is 0.364. The summed E-state index contributed by atoms with van der Waals surface area (Å²) in [5.41, 5.74) is 1.17. The highest BCUT2D eigenvalue weighted by molar-refractivity contribution is 5.45. The van der Waals surface area contributed by atoms with Crippen LogP contribution in [0.15, 0.2) is 24.8 Å². The average Bonchev–Trinajstić information content (AvgIpc) is 2.75. The number of rotatable bonds is 5. The molecule has 17 heavy (non-hydrogen) atoms. The summed E-state index contributed by atoms with van der Waals surface area (Å²) < 4.78 is 1.91. The second-order valence-corrected chi connectivity index (χ2v) is 3.75. The largest absolute Gasteiger partial charge is 0.373 e. The third kappa shape index (κ3) is 3.17. The lowest BCUT2D eigenvalue weighted by Crippen LogP contribution is -2.12. The second kappa shape index (κ2) is 5.29. The van der Waals surface area contributed by atoms with Crippen LogP contribution >= 0.6 is 0 Å². The maximum absolute atomic E-state index is 4.21. The van der Waals surface area contributed by atoms with Crippen molar-refractivity contribution in [2.75, 3.05) is 24.2 Å². The first-order valence-electron chi connectivity index (χ1n) is 5.50. The number of hydrogen-bond donors (Lipinski definition) is 2. The molecule has 0 atom stereocenters. The molecule has 6 heteroatoms. The number of aryl methyl sites for hydroxylation is 1. The molecule has 0 spiro atoms. The van der Waals surface area contributed by atoms with Crippen LogP contribution in [0.3, 0.4) is 0 Å². The van der Waals surface area contributed by atoms with Gasteiger partial charge >= 0.3 is 0 Å². The van der Waals surface area contributed by atoms with E-state index in [1.54, 1.807) is 0 Å². The van der Waals surface area contributed by atoms with Crippen LogP contribution < -0.4 is 10.6 Å². The Morgan fingerprint density at radius 1 is 1.29 bits per heavy atom. The summed E-state index contributed by atoms with van der Waals surface area (Å²) in [5, 5.41) is 10.4. The molecule has 90 valence electrons. The van der Waals surface area contributed by atoms with E-state index in [-0.39, 0.29) is 0 Å². The van der Waals surface area contributed by atoms with E-state index in [1.807, 2.05) is 37.1 Å². The first-order valence-corrected chi connectivity index (χ1v) is 5.50. The Balaban J connectivity index is 1.85. The molecular weight excluding hydrogens is 216 g/mol. The number of nitrogens with zero attached hydrogens (tertiary/aromatic N) is 4. The molecule has 2 heterocycles. The zero-order chi connectivity index (χ0) is 12.1. The van der Waals surface area contributed by atoms with E-state index in [2.05, 4.69) is 25.7 Å².